The van der Waals surface area contributed by atoms with Gasteiger partial charge in [0.2, 0.25) is 0 Å². The molecular weight excluding hydrogens is 355 g/mol. The van der Waals surface area contributed by atoms with Gasteiger partial charge in [0.05, 0.1) is 0 Å². The fourth-order valence-corrected chi connectivity index (χ4v) is 0.303. The van der Waals surface area contributed by atoms with Crippen LogP contribution in [0.1, 0.15) is 93.9 Å². The zero-order chi connectivity index (χ0) is 15.9. The summed E-state index contributed by atoms with van der Waals surface area (Å²) in [5, 5.41) is 0. The van der Waals surface area contributed by atoms with E-state index in [4.69, 9.17) is 9.47 Å². The second kappa shape index (κ2) is 42.7. The monoisotopic (exact) mass is 398 g/mol. The summed E-state index contributed by atoms with van der Waals surface area (Å²) in [4.78, 5) is 0. The predicted molar refractivity (Wildman–Crippen MR) is 95.6 cm³/mol. The summed E-state index contributed by atoms with van der Waals surface area (Å²) in [5.41, 5.74) is 0. The van der Waals surface area contributed by atoms with Crippen LogP contribution in [0.5, 0.6) is 0 Å². The largest absolute Gasteiger partial charge is 0.356 e. The minimum Gasteiger partial charge on any atom is -0.356 e. The molecule has 0 amide bonds. The van der Waals surface area contributed by atoms with Gasteiger partial charge in [0.1, 0.15) is 0 Å². The van der Waals surface area contributed by atoms with Gasteiger partial charge in [0.15, 0.2) is 6.29 Å². The molecule has 0 N–H and O–H groups in total. The first-order valence-electron chi connectivity index (χ1n) is 8.20. The maximum Gasteiger partial charge on any atom is 0.154 e. The number of rotatable bonds is 6. The van der Waals surface area contributed by atoms with E-state index in [1.54, 1.807) is 7.11 Å². The molecule has 0 aliphatic carbocycles. The van der Waals surface area contributed by atoms with E-state index < -0.39 is 0 Å². The molecule has 20 heavy (non-hydrogen) atoms. The predicted octanol–water partition coefficient (Wildman–Crippen LogP) is 6.05. The third kappa shape index (κ3) is 77.3. The molecule has 0 rings (SSSR count). The topological polar surface area (TPSA) is 18.5 Å². The fourth-order valence-electron chi connectivity index (χ4n) is 0.303. The third-order valence-electron chi connectivity index (χ3n) is 2.23. The Balaban J connectivity index is -0.0000000512. The van der Waals surface area contributed by atoms with Crippen molar-refractivity contribution >= 4 is 23.9 Å². The molecule has 0 aromatic heterocycles. The average Bonchev–Trinajstić information content (AvgIpc) is 2.48. The van der Waals surface area contributed by atoms with Crippen LogP contribution < -0.4 is 0 Å². The van der Waals surface area contributed by atoms with Gasteiger partial charge in [-0.25, -0.2) is 0 Å². The van der Waals surface area contributed by atoms with Crippen molar-refractivity contribution in [2.75, 3.05) is 13.7 Å². The quantitative estimate of drug-likeness (QED) is 0.401. The number of unbranched alkanes of at least 4 members (excludes halogenated alkanes) is 3. The van der Waals surface area contributed by atoms with Crippen LogP contribution in [-0.2, 0) is 9.47 Å². The first kappa shape index (κ1) is 32.6. The molecule has 0 saturated carbocycles. The van der Waals surface area contributed by atoms with Crippen LogP contribution in [-0.4, -0.2) is 43.9 Å². The van der Waals surface area contributed by atoms with Gasteiger partial charge in [-0.1, -0.05) is 80.1 Å². The third-order valence-corrected chi connectivity index (χ3v) is 2.23. The van der Waals surface area contributed by atoms with Crippen LogP contribution in [0.4, 0.5) is 0 Å². The molecule has 0 aromatic carbocycles. The maximum absolute atomic E-state index is 4.97. The first-order valence-corrected chi connectivity index (χ1v) is 8.20. The molecule has 4 radical (unpaired) electrons. The molecule has 0 saturated heterocycles. The van der Waals surface area contributed by atoms with Crippen LogP contribution >= 0.6 is 0 Å². The van der Waals surface area contributed by atoms with Gasteiger partial charge in [-0.15, -0.1) is 0 Å². The van der Waals surface area contributed by atoms with Crippen molar-refractivity contribution < 1.29 is 9.47 Å². The van der Waals surface area contributed by atoms with Crippen LogP contribution in [0.3, 0.4) is 0 Å². The van der Waals surface area contributed by atoms with E-state index in [0.29, 0.717) is 0 Å². The molecule has 0 aromatic rings. The van der Waals surface area contributed by atoms with Crippen molar-refractivity contribution in [2.24, 2.45) is 0 Å². The summed E-state index contributed by atoms with van der Waals surface area (Å²) in [5.74, 6) is 0. The van der Waals surface area contributed by atoms with E-state index in [2.05, 4.69) is 41.5 Å². The van der Waals surface area contributed by atoms with Crippen LogP contribution in [0.15, 0.2) is 0 Å². The Morgan fingerprint density at radius 3 is 0.950 bits per heavy atom. The van der Waals surface area contributed by atoms with Crippen molar-refractivity contribution in [2.45, 2.75) is 100 Å². The smallest absolute Gasteiger partial charge is 0.154 e. The maximum atomic E-state index is 4.97. The zero-order valence-electron chi connectivity index (χ0n) is 15.8. The summed E-state index contributed by atoms with van der Waals surface area (Å²) >= 11 is 0. The molecule has 0 aliphatic rings. The Hall–Kier alpha value is 0.719. The second-order valence-corrected chi connectivity index (χ2v) is 4.26. The number of hydrogen-bond donors (Lipinski definition) is 0. The van der Waals surface area contributed by atoms with Gasteiger partial charge < -0.3 is 9.47 Å². The molecule has 0 heterocycles. The minimum absolute atomic E-state index is 0. The Kier molecular flexibility index (Phi) is 69.6. The Bertz CT molecular complexity index is 85.5. The van der Waals surface area contributed by atoms with Gasteiger partial charge in [0.25, 0.3) is 0 Å². The van der Waals surface area contributed by atoms with Gasteiger partial charge in [-0.2, -0.15) is 0 Å². The van der Waals surface area contributed by atoms with Crippen LogP contribution in [0.2, 0.25) is 0 Å². The Labute approximate surface area is 147 Å². The summed E-state index contributed by atoms with van der Waals surface area (Å²) in [6.45, 7) is 17.6. The number of methoxy groups -OCH3 is 1. The molecule has 0 bridgehead atoms. The molecule has 0 spiro atoms. The van der Waals surface area contributed by atoms with E-state index in [0.717, 1.165) is 6.61 Å². The number of hydrogen-bond acceptors (Lipinski definition) is 2. The summed E-state index contributed by atoms with van der Waals surface area (Å²) < 4.78 is 9.74. The van der Waals surface area contributed by atoms with Gasteiger partial charge in [0, 0.05) is 37.6 Å². The standard InChI is InChI=1S/C5H12O2.3C4H10.Sn/c1-4-7-5(2)6-3;3*1-3-4-2;/h5H,4H2,1-3H3;3*3-4H2,1-2H3;. The minimum atomic E-state index is -0.0509. The average molecular weight is 397 g/mol. The summed E-state index contributed by atoms with van der Waals surface area (Å²) in [6, 6.07) is 0. The molecule has 1 unspecified atom stereocenters. The number of ether oxygens (including phenoxy) is 2. The van der Waals surface area contributed by atoms with Gasteiger partial charge >= 0.3 is 0 Å². The van der Waals surface area contributed by atoms with E-state index >= 15 is 0 Å². The summed E-state index contributed by atoms with van der Waals surface area (Å²) in [6.07, 6.45) is 7.87. The van der Waals surface area contributed by atoms with E-state index in [1.165, 1.54) is 38.5 Å². The van der Waals surface area contributed by atoms with E-state index in [-0.39, 0.29) is 30.2 Å². The van der Waals surface area contributed by atoms with Crippen molar-refractivity contribution in [3.8, 4) is 0 Å². The summed E-state index contributed by atoms with van der Waals surface area (Å²) in [7, 11) is 1.63. The molecule has 3 heteroatoms. The zero-order valence-corrected chi connectivity index (χ0v) is 18.7. The Morgan fingerprint density at radius 1 is 0.650 bits per heavy atom. The van der Waals surface area contributed by atoms with E-state index in [1.807, 2.05) is 13.8 Å². The molecule has 126 valence electrons. The fraction of sp³-hybridized carbons (Fsp3) is 1.00. The normalized spacial score (nSPS) is 9.45. The van der Waals surface area contributed by atoms with Crippen LogP contribution in [0, 0.1) is 0 Å². The molecule has 0 aliphatic heterocycles. The van der Waals surface area contributed by atoms with Crippen molar-refractivity contribution in [1.82, 2.24) is 0 Å². The van der Waals surface area contributed by atoms with Gasteiger partial charge in [-0.05, 0) is 13.8 Å². The Morgan fingerprint density at radius 2 is 0.900 bits per heavy atom. The SMILES string of the molecule is CCCC.CCCC.CCCC.CCOC(C)OC.[Sn]. The van der Waals surface area contributed by atoms with Crippen molar-refractivity contribution in [3.63, 3.8) is 0 Å². The molecule has 0 fully saturated rings. The molecule has 2 nitrogen and oxygen atoms in total. The molecular formula is C17H42O2Sn. The van der Waals surface area contributed by atoms with E-state index in [9.17, 15) is 0 Å². The van der Waals surface area contributed by atoms with Gasteiger partial charge in [-0.3, -0.25) is 0 Å². The first-order chi connectivity index (χ1) is 9.05. The second-order valence-electron chi connectivity index (χ2n) is 4.26. The molecule has 1 atom stereocenters. The van der Waals surface area contributed by atoms with Crippen molar-refractivity contribution in [3.05, 3.63) is 0 Å². The van der Waals surface area contributed by atoms with Crippen molar-refractivity contribution in [1.29, 1.82) is 0 Å². The van der Waals surface area contributed by atoms with Crippen LogP contribution in [0.25, 0.3) is 0 Å².